The molecule has 0 aliphatic carbocycles. The van der Waals surface area contributed by atoms with Gasteiger partial charge in [0.15, 0.2) is 0 Å². The van der Waals surface area contributed by atoms with Crippen LogP contribution in [0, 0.1) is 5.41 Å². The lowest BCUT2D eigenvalue weighted by atomic mass is 9.91. The molecule has 2 heterocycles. The van der Waals surface area contributed by atoms with Gasteiger partial charge >= 0.3 is 0 Å². The number of hydrogen-bond acceptors (Lipinski definition) is 8. The van der Waals surface area contributed by atoms with E-state index in [1.807, 2.05) is 0 Å². The summed E-state index contributed by atoms with van der Waals surface area (Å²) in [6.07, 6.45) is 0. The zero-order valence-electron chi connectivity index (χ0n) is 8.27. The number of nitrogens with two attached hydrogens (primary N) is 4. The Hall–Kier alpha value is -0.320. The van der Waals surface area contributed by atoms with Crippen LogP contribution in [0.25, 0.3) is 0 Å². The Balaban J connectivity index is 1.95. The summed E-state index contributed by atoms with van der Waals surface area (Å²) in [6, 6.07) is -3.07. The fourth-order valence-electron chi connectivity index (χ4n) is 1.40. The van der Waals surface area contributed by atoms with Gasteiger partial charge in [-0.25, -0.2) is 0 Å². The second-order valence-corrected chi connectivity index (χ2v) is 4.10. The highest BCUT2D eigenvalue weighted by Gasteiger charge is 2.47. The molecule has 2 rings (SSSR count). The number of hydrogen-bond donors (Lipinski definition) is 4. The fraction of sp³-hybridized carbons (Fsp3) is 1.00. The maximum absolute atomic E-state index is 5.42. The van der Waals surface area contributed by atoms with Gasteiger partial charge < -0.3 is 18.9 Å². The van der Waals surface area contributed by atoms with Gasteiger partial charge in [-0.1, -0.05) is 0 Å². The minimum Gasteiger partial charge on any atom is -0.324 e. The summed E-state index contributed by atoms with van der Waals surface area (Å²) in [7, 11) is 0. The molecule has 0 atom stereocenters. The first-order chi connectivity index (χ1) is 6.83. The summed E-state index contributed by atoms with van der Waals surface area (Å²) in [4.78, 5) is 0. The largest absolute Gasteiger partial charge is 0.324 e. The minimum absolute atomic E-state index is 0.274. The lowest BCUT2D eigenvalue weighted by molar-refractivity contribution is -0.363. The fourth-order valence-corrected chi connectivity index (χ4v) is 1.40. The summed E-state index contributed by atoms with van der Waals surface area (Å²) < 4.78 is 20.5. The SMILES string of the molecule is NC1(N)OCC2(CO1)COC(N)(N)OC2. The van der Waals surface area contributed by atoms with E-state index in [1.54, 1.807) is 0 Å². The van der Waals surface area contributed by atoms with Crippen LogP contribution >= 0.6 is 0 Å². The molecule has 8 nitrogen and oxygen atoms in total. The van der Waals surface area contributed by atoms with Gasteiger partial charge in [-0.05, 0) is 0 Å². The molecule has 2 saturated heterocycles. The molecule has 0 amide bonds. The molecule has 2 aliphatic rings. The van der Waals surface area contributed by atoms with Crippen molar-refractivity contribution in [3.63, 3.8) is 0 Å². The van der Waals surface area contributed by atoms with Crippen LogP contribution in [-0.4, -0.2) is 38.5 Å². The molecule has 2 aliphatic heterocycles. The first-order valence-corrected chi connectivity index (χ1v) is 4.54. The summed E-state index contributed by atoms with van der Waals surface area (Å²) in [5, 5.41) is 0. The Kier molecular flexibility index (Phi) is 2.48. The molecule has 0 saturated carbocycles. The van der Waals surface area contributed by atoms with Gasteiger partial charge in [0.25, 0.3) is 12.1 Å². The summed E-state index contributed by atoms with van der Waals surface area (Å²) in [5.74, 6) is 0. The highest BCUT2D eigenvalue weighted by molar-refractivity contribution is 4.86. The van der Waals surface area contributed by atoms with Crippen LogP contribution in [0.5, 0.6) is 0 Å². The standard InChI is InChI=1S/C7H16N4O4/c8-6(9)12-1-5(2-13-6)3-14-7(10,11)15-4-5/h1-4,8-11H2. The van der Waals surface area contributed by atoms with Crippen molar-refractivity contribution in [3.05, 3.63) is 0 Å². The molecule has 2 fully saturated rings. The quantitative estimate of drug-likeness (QED) is 0.319. The molecule has 0 aromatic rings. The van der Waals surface area contributed by atoms with Crippen molar-refractivity contribution in [2.75, 3.05) is 26.4 Å². The van der Waals surface area contributed by atoms with Crippen LogP contribution in [0.4, 0.5) is 0 Å². The van der Waals surface area contributed by atoms with E-state index in [0.717, 1.165) is 0 Å². The van der Waals surface area contributed by atoms with E-state index in [-0.39, 0.29) is 26.4 Å². The molecule has 8 heteroatoms. The predicted octanol–water partition coefficient (Wildman–Crippen LogP) is -2.88. The molecule has 0 aromatic heterocycles. The van der Waals surface area contributed by atoms with Crippen molar-refractivity contribution >= 4 is 0 Å². The third-order valence-electron chi connectivity index (χ3n) is 2.42. The third-order valence-corrected chi connectivity index (χ3v) is 2.42. The van der Waals surface area contributed by atoms with E-state index >= 15 is 0 Å². The third kappa shape index (κ3) is 2.44. The smallest absolute Gasteiger partial charge is 0.286 e. The van der Waals surface area contributed by atoms with Crippen molar-refractivity contribution < 1.29 is 18.9 Å². The maximum Gasteiger partial charge on any atom is 0.286 e. The first kappa shape index (κ1) is 11.2. The molecule has 15 heavy (non-hydrogen) atoms. The minimum atomic E-state index is -1.54. The predicted molar refractivity (Wildman–Crippen MR) is 48.5 cm³/mol. The van der Waals surface area contributed by atoms with Crippen LogP contribution in [0.2, 0.25) is 0 Å². The summed E-state index contributed by atoms with van der Waals surface area (Å²) in [5.41, 5.74) is 21.3. The van der Waals surface area contributed by atoms with Crippen molar-refractivity contribution in [2.24, 2.45) is 28.3 Å². The Bertz CT molecular complexity index is 208. The molecular weight excluding hydrogens is 204 g/mol. The monoisotopic (exact) mass is 220 g/mol. The molecule has 0 unspecified atom stereocenters. The molecule has 1 spiro atoms. The molecular formula is C7H16N4O4. The normalized spacial score (nSPS) is 32.8. The highest BCUT2D eigenvalue weighted by atomic mass is 16.8. The number of rotatable bonds is 0. The van der Waals surface area contributed by atoms with Crippen molar-refractivity contribution in [1.29, 1.82) is 0 Å². The average Bonchev–Trinajstić information content (AvgIpc) is 2.15. The van der Waals surface area contributed by atoms with Gasteiger partial charge in [-0.3, -0.25) is 22.9 Å². The highest BCUT2D eigenvalue weighted by Crippen LogP contribution is 2.31. The topological polar surface area (TPSA) is 141 Å². The van der Waals surface area contributed by atoms with Crippen LogP contribution < -0.4 is 22.9 Å². The molecule has 0 aromatic carbocycles. The molecule has 0 bridgehead atoms. The zero-order valence-corrected chi connectivity index (χ0v) is 8.27. The van der Waals surface area contributed by atoms with Crippen LogP contribution in [-0.2, 0) is 18.9 Å². The van der Waals surface area contributed by atoms with Crippen LogP contribution in [0.15, 0.2) is 0 Å². The second kappa shape index (κ2) is 3.34. The van der Waals surface area contributed by atoms with Gasteiger partial charge in [-0.2, -0.15) is 0 Å². The summed E-state index contributed by atoms with van der Waals surface area (Å²) >= 11 is 0. The number of ether oxygens (including phenoxy) is 4. The Morgan fingerprint density at radius 2 is 0.867 bits per heavy atom. The van der Waals surface area contributed by atoms with E-state index in [2.05, 4.69) is 0 Å². The van der Waals surface area contributed by atoms with E-state index in [4.69, 9.17) is 41.9 Å². The Morgan fingerprint density at radius 3 is 1.13 bits per heavy atom. The molecule has 8 N–H and O–H groups in total. The Morgan fingerprint density at radius 1 is 0.600 bits per heavy atom. The average molecular weight is 220 g/mol. The van der Waals surface area contributed by atoms with Gasteiger partial charge in [0.1, 0.15) is 0 Å². The van der Waals surface area contributed by atoms with Crippen molar-refractivity contribution in [3.8, 4) is 0 Å². The maximum atomic E-state index is 5.42. The summed E-state index contributed by atoms with van der Waals surface area (Å²) in [6.45, 7) is 1.10. The van der Waals surface area contributed by atoms with Crippen LogP contribution in [0.1, 0.15) is 0 Å². The van der Waals surface area contributed by atoms with E-state index < -0.39 is 17.5 Å². The van der Waals surface area contributed by atoms with Gasteiger partial charge in [0, 0.05) is 0 Å². The molecule has 0 radical (unpaired) electrons. The lowest BCUT2D eigenvalue weighted by Crippen LogP contribution is -2.67. The van der Waals surface area contributed by atoms with Gasteiger partial charge in [0.05, 0.1) is 31.8 Å². The van der Waals surface area contributed by atoms with Crippen molar-refractivity contribution in [1.82, 2.24) is 0 Å². The Labute approximate surface area is 86.7 Å². The van der Waals surface area contributed by atoms with E-state index in [0.29, 0.717) is 0 Å². The second-order valence-electron chi connectivity index (χ2n) is 4.10. The van der Waals surface area contributed by atoms with Gasteiger partial charge in [0.2, 0.25) is 0 Å². The van der Waals surface area contributed by atoms with Gasteiger partial charge in [-0.15, -0.1) is 0 Å². The van der Waals surface area contributed by atoms with E-state index in [9.17, 15) is 0 Å². The lowest BCUT2D eigenvalue weighted by Gasteiger charge is -2.46. The first-order valence-electron chi connectivity index (χ1n) is 4.54. The molecule has 88 valence electrons. The van der Waals surface area contributed by atoms with E-state index in [1.165, 1.54) is 0 Å². The van der Waals surface area contributed by atoms with Crippen molar-refractivity contribution in [2.45, 2.75) is 12.1 Å². The van der Waals surface area contributed by atoms with Crippen LogP contribution in [0.3, 0.4) is 0 Å². The zero-order chi connectivity index (χ0) is 11.2.